The lowest BCUT2D eigenvalue weighted by molar-refractivity contribution is 0.102. The summed E-state index contributed by atoms with van der Waals surface area (Å²) >= 11 is 6.45. The molecule has 3 aromatic rings. The molecular weight excluding hydrogens is 361 g/mol. The summed E-state index contributed by atoms with van der Waals surface area (Å²) in [4.78, 5) is 17.3. The smallest absolute Gasteiger partial charge is 0.260 e. The van der Waals surface area contributed by atoms with Gasteiger partial charge in [-0.1, -0.05) is 29.5 Å². The van der Waals surface area contributed by atoms with Crippen molar-refractivity contribution in [2.24, 2.45) is 0 Å². The zero-order valence-corrected chi connectivity index (χ0v) is 14.9. The first-order valence-electron chi connectivity index (χ1n) is 7.31. The first-order valence-corrected chi connectivity index (χ1v) is 8.53. The lowest BCUT2D eigenvalue weighted by Gasteiger charge is -2.02. The predicted octanol–water partition coefficient (Wildman–Crippen LogP) is 3.95. The van der Waals surface area contributed by atoms with E-state index in [1.165, 1.54) is 29.5 Å². The highest BCUT2D eigenvalue weighted by molar-refractivity contribution is 7.71. The number of thiazole rings is 1. The van der Waals surface area contributed by atoms with Crippen molar-refractivity contribution in [2.45, 2.75) is 13.5 Å². The molecule has 0 bridgehead atoms. The standard InChI is InChI=1S/C16H14FN5OS2/c1-3-8-22-13(20-21-16(22)24)12-9(2)18-15(25-12)19-14(23)10-6-4-5-7-11(10)17/h3-7H,1,8H2,2H3,(H,21,24)(H,18,19,23). The van der Waals surface area contributed by atoms with Crippen LogP contribution in [-0.4, -0.2) is 25.7 Å². The van der Waals surface area contributed by atoms with E-state index in [0.717, 1.165) is 4.88 Å². The number of hydrogen-bond acceptors (Lipinski definition) is 5. The number of carbonyl (C=O) groups excluding carboxylic acids is 1. The van der Waals surface area contributed by atoms with Crippen molar-refractivity contribution in [1.29, 1.82) is 0 Å². The summed E-state index contributed by atoms with van der Waals surface area (Å²) in [5.41, 5.74) is 0.652. The summed E-state index contributed by atoms with van der Waals surface area (Å²) in [6.07, 6.45) is 1.71. The van der Waals surface area contributed by atoms with Crippen molar-refractivity contribution >= 4 is 34.6 Å². The molecule has 0 aliphatic rings. The zero-order chi connectivity index (χ0) is 18.0. The van der Waals surface area contributed by atoms with E-state index < -0.39 is 11.7 Å². The molecule has 0 saturated heterocycles. The van der Waals surface area contributed by atoms with E-state index in [1.54, 1.807) is 23.6 Å². The largest absolute Gasteiger partial charge is 0.298 e. The monoisotopic (exact) mass is 375 g/mol. The van der Waals surface area contributed by atoms with Crippen LogP contribution >= 0.6 is 23.6 Å². The minimum Gasteiger partial charge on any atom is -0.298 e. The number of aromatic nitrogens is 4. The van der Waals surface area contributed by atoms with Gasteiger partial charge in [-0.25, -0.2) is 9.37 Å². The maximum Gasteiger partial charge on any atom is 0.260 e. The van der Waals surface area contributed by atoms with E-state index in [-0.39, 0.29) is 5.56 Å². The fourth-order valence-corrected chi connectivity index (χ4v) is 3.42. The molecule has 0 aliphatic carbocycles. The number of aryl methyl sites for hydroxylation is 1. The lowest BCUT2D eigenvalue weighted by Crippen LogP contribution is -2.13. The molecule has 3 rings (SSSR count). The summed E-state index contributed by atoms with van der Waals surface area (Å²) in [6, 6.07) is 5.78. The molecule has 0 aliphatic heterocycles. The van der Waals surface area contributed by atoms with Crippen LogP contribution < -0.4 is 5.32 Å². The van der Waals surface area contributed by atoms with Crippen LogP contribution in [0.2, 0.25) is 0 Å². The van der Waals surface area contributed by atoms with E-state index in [2.05, 4.69) is 27.1 Å². The molecule has 0 saturated carbocycles. The Labute approximate surface area is 152 Å². The van der Waals surface area contributed by atoms with Gasteiger partial charge in [-0.15, -0.1) is 6.58 Å². The maximum atomic E-state index is 13.7. The van der Waals surface area contributed by atoms with Gasteiger partial charge in [0.1, 0.15) is 5.82 Å². The average molecular weight is 375 g/mol. The Morgan fingerprint density at radius 1 is 1.52 bits per heavy atom. The zero-order valence-electron chi connectivity index (χ0n) is 13.2. The summed E-state index contributed by atoms with van der Waals surface area (Å²) in [6.45, 7) is 6.01. The molecule has 0 unspecified atom stereocenters. The minimum absolute atomic E-state index is 0.0359. The Balaban J connectivity index is 1.91. The van der Waals surface area contributed by atoms with Crippen molar-refractivity contribution in [3.63, 3.8) is 0 Å². The number of benzene rings is 1. The maximum absolute atomic E-state index is 13.7. The topological polar surface area (TPSA) is 75.6 Å². The highest BCUT2D eigenvalue weighted by Crippen LogP contribution is 2.32. The Morgan fingerprint density at radius 2 is 2.28 bits per heavy atom. The second kappa shape index (κ2) is 7.08. The summed E-state index contributed by atoms with van der Waals surface area (Å²) in [5, 5.41) is 9.95. The van der Waals surface area contributed by atoms with Crippen molar-refractivity contribution in [2.75, 3.05) is 5.32 Å². The Morgan fingerprint density at radius 3 is 3.00 bits per heavy atom. The van der Waals surface area contributed by atoms with E-state index in [0.29, 0.717) is 28.0 Å². The van der Waals surface area contributed by atoms with Gasteiger partial charge in [-0.05, 0) is 31.3 Å². The molecule has 9 heteroatoms. The number of anilines is 1. The highest BCUT2D eigenvalue weighted by atomic mass is 32.1. The van der Waals surface area contributed by atoms with Crippen LogP contribution in [0.25, 0.3) is 10.7 Å². The van der Waals surface area contributed by atoms with Gasteiger partial charge in [0.25, 0.3) is 5.91 Å². The molecule has 2 aromatic heterocycles. The molecule has 128 valence electrons. The third-order valence-electron chi connectivity index (χ3n) is 3.41. The molecule has 0 fully saturated rings. The molecule has 0 spiro atoms. The van der Waals surface area contributed by atoms with Gasteiger partial charge in [0.05, 0.1) is 16.1 Å². The van der Waals surface area contributed by atoms with Crippen LogP contribution in [0.1, 0.15) is 16.1 Å². The molecule has 25 heavy (non-hydrogen) atoms. The Kier molecular flexibility index (Phi) is 4.86. The van der Waals surface area contributed by atoms with Gasteiger partial charge in [0.15, 0.2) is 15.7 Å². The SMILES string of the molecule is C=CCn1c(-c2sc(NC(=O)c3ccccc3F)nc2C)n[nH]c1=S. The molecule has 0 atom stereocenters. The quantitative estimate of drug-likeness (QED) is 0.523. The Hall–Kier alpha value is -2.65. The van der Waals surface area contributed by atoms with Gasteiger partial charge >= 0.3 is 0 Å². The number of nitrogens with zero attached hydrogens (tertiary/aromatic N) is 3. The van der Waals surface area contributed by atoms with Crippen molar-refractivity contribution in [1.82, 2.24) is 19.7 Å². The summed E-state index contributed by atoms with van der Waals surface area (Å²) in [7, 11) is 0. The molecular formula is C16H14FN5OS2. The Bertz CT molecular complexity index is 1000. The number of halogens is 1. The highest BCUT2D eigenvalue weighted by Gasteiger charge is 2.18. The van der Waals surface area contributed by atoms with Gasteiger partial charge in [-0.2, -0.15) is 5.10 Å². The second-order valence-electron chi connectivity index (χ2n) is 5.12. The third-order valence-corrected chi connectivity index (χ3v) is 4.79. The van der Waals surface area contributed by atoms with E-state index in [9.17, 15) is 9.18 Å². The van der Waals surface area contributed by atoms with Crippen LogP contribution in [0.3, 0.4) is 0 Å². The third kappa shape index (κ3) is 3.42. The number of nitrogens with one attached hydrogen (secondary N) is 2. The first kappa shape index (κ1) is 17.2. The van der Waals surface area contributed by atoms with Crippen LogP contribution in [-0.2, 0) is 6.54 Å². The van der Waals surface area contributed by atoms with Crippen molar-refractivity contribution in [3.8, 4) is 10.7 Å². The molecule has 2 heterocycles. The fraction of sp³-hybridized carbons (Fsp3) is 0.125. The predicted molar refractivity (Wildman–Crippen MR) is 97.8 cm³/mol. The van der Waals surface area contributed by atoms with Gasteiger partial charge in [0, 0.05) is 6.54 Å². The minimum atomic E-state index is -0.583. The number of allylic oxidation sites excluding steroid dienone is 1. The van der Waals surface area contributed by atoms with Crippen LogP contribution in [0, 0.1) is 17.5 Å². The van der Waals surface area contributed by atoms with Gasteiger partial charge < -0.3 is 0 Å². The molecule has 1 aromatic carbocycles. The lowest BCUT2D eigenvalue weighted by atomic mass is 10.2. The summed E-state index contributed by atoms with van der Waals surface area (Å²) in [5.74, 6) is -0.518. The molecule has 1 amide bonds. The average Bonchev–Trinajstić information content (AvgIpc) is 3.11. The second-order valence-corrected chi connectivity index (χ2v) is 6.50. The van der Waals surface area contributed by atoms with E-state index in [1.807, 2.05) is 0 Å². The number of amides is 1. The van der Waals surface area contributed by atoms with Crippen LogP contribution in [0.5, 0.6) is 0 Å². The summed E-state index contributed by atoms with van der Waals surface area (Å²) < 4.78 is 16.0. The van der Waals surface area contributed by atoms with Crippen molar-refractivity contribution in [3.05, 3.63) is 58.8 Å². The number of H-pyrrole nitrogens is 1. The van der Waals surface area contributed by atoms with Gasteiger partial charge in [0.2, 0.25) is 0 Å². The normalized spacial score (nSPS) is 10.6. The van der Waals surface area contributed by atoms with Crippen LogP contribution in [0.4, 0.5) is 9.52 Å². The molecule has 0 radical (unpaired) electrons. The number of rotatable bonds is 5. The number of hydrogen-bond donors (Lipinski definition) is 2. The van der Waals surface area contributed by atoms with Gasteiger partial charge in [-0.3, -0.25) is 19.8 Å². The number of carbonyl (C=O) groups is 1. The number of aromatic amines is 1. The van der Waals surface area contributed by atoms with Crippen LogP contribution in [0.15, 0.2) is 36.9 Å². The van der Waals surface area contributed by atoms with E-state index in [4.69, 9.17) is 12.2 Å². The molecule has 2 N–H and O–H groups in total. The fourth-order valence-electron chi connectivity index (χ4n) is 2.26. The van der Waals surface area contributed by atoms with E-state index >= 15 is 0 Å². The van der Waals surface area contributed by atoms with Crippen molar-refractivity contribution < 1.29 is 9.18 Å². The first-order chi connectivity index (χ1) is 12.0. The molecule has 6 nitrogen and oxygen atoms in total.